The lowest BCUT2D eigenvalue weighted by molar-refractivity contribution is -0.0358. The third-order valence-corrected chi connectivity index (χ3v) is 4.33. The molecular weight excluding hydrogens is 186 g/mol. The average Bonchev–Trinajstić information content (AvgIpc) is 2.18. The van der Waals surface area contributed by atoms with Gasteiger partial charge in [-0.2, -0.15) is 0 Å². The van der Waals surface area contributed by atoms with Crippen molar-refractivity contribution in [3.8, 4) is 0 Å². The van der Waals surface area contributed by atoms with Gasteiger partial charge in [-0.1, -0.05) is 0 Å². The summed E-state index contributed by atoms with van der Waals surface area (Å²) in [6.07, 6.45) is 5.36. The van der Waals surface area contributed by atoms with Crippen molar-refractivity contribution in [1.29, 1.82) is 0 Å². The number of nitrogens with zero attached hydrogens (tertiary/aromatic N) is 1. The number of hydrogen-bond acceptors (Lipinski definition) is 2. The van der Waals surface area contributed by atoms with E-state index in [-0.39, 0.29) is 0 Å². The zero-order valence-electron chi connectivity index (χ0n) is 10.5. The second-order valence-corrected chi connectivity index (χ2v) is 6.27. The van der Waals surface area contributed by atoms with Crippen molar-refractivity contribution in [1.82, 2.24) is 4.90 Å². The summed E-state index contributed by atoms with van der Waals surface area (Å²) in [5.41, 5.74) is 0.993. The quantitative estimate of drug-likeness (QED) is 0.611. The third kappa shape index (κ3) is 2.54. The molecule has 0 unspecified atom stereocenters. The Bertz CT molecular complexity index is 203. The van der Waals surface area contributed by atoms with Crippen LogP contribution in [0.3, 0.4) is 0 Å². The first-order valence-corrected chi connectivity index (χ1v) is 6.35. The maximum Gasteiger partial charge on any atom is 0.0471 e. The minimum atomic E-state index is 0.354. The van der Waals surface area contributed by atoms with Crippen LogP contribution in [0.1, 0.15) is 46.5 Å². The van der Waals surface area contributed by atoms with Crippen LogP contribution in [0.4, 0.5) is 0 Å². The molecule has 88 valence electrons. The van der Waals surface area contributed by atoms with Gasteiger partial charge in [0, 0.05) is 18.8 Å². The van der Waals surface area contributed by atoms with Crippen molar-refractivity contribution in [2.45, 2.75) is 52.0 Å². The van der Waals surface area contributed by atoms with Crippen LogP contribution in [-0.2, 0) is 4.74 Å². The Morgan fingerprint density at radius 1 is 0.933 bits per heavy atom. The maximum absolute atomic E-state index is 5.48. The van der Waals surface area contributed by atoms with Crippen molar-refractivity contribution in [3.05, 3.63) is 0 Å². The minimum absolute atomic E-state index is 0.354. The standard InChI is InChI=1S/C13H25NO/c1-12(2,3)14-8-4-13(5-9-14)6-10-15-11-7-13/h4-11H2,1-3H3. The van der Waals surface area contributed by atoms with Crippen LogP contribution in [0.15, 0.2) is 0 Å². The average molecular weight is 211 g/mol. The second kappa shape index (κ2) is 4.06. The van der Waals surface area contributed by atoms with Gasteiger partial charge in [0.15, 0.2) is 0 Å². The smallest absolute Gasteiger partial charge is 0.0471 e. The first-order chi connectivity index (χ1) is 7.02. The summed E-state index contributed by atoms with van der Waals surface area (Å²) < 4.78 is 5.48. The highest BCUT2D eigenvalue weighted by Crippen LogP contribution is 2.41. The molecule has 0 saturated carbocycles. The predicted octanol–water partition coefficient (Wildman–Crippen LogP) is 2.68. The molecule has 0 aromatic rings. The zero-order chi connectivity index (χ0) is 10.9. The summed E-state index contributed by atoms with van der Waals surface area (Å²) in [7, 11) is 0. The highest BCUT2D eigenvalue weighted by Gasteiger charge is 2.38. The minimum Gasteiger partial charge on any atom is -0.381 e. The van der Waals surface area contributed by atoms with E-state index >= 15 is 0 Å². The van der Waals surface area contributed by atoms with Crippen LogP contribution in [0.2, 0.25) is 0 Å². The van der Waals surface area contributed by atoms with Crippen molar-refractivity contribution >= 4 is 0 Å². The second-order valence-electron chi connectivity index (χ2n) is 6.27. The van der Waals surface area contributed by atoms with E-state index in [0.717, 1.165) is 13.2 Å². The molecule has 2 fully saturated rings. The molecule has 0 radical (unpaired) electrons. The maximum atomic E-state index is 5.48. The molecule has 1 spiro atoms. The van der Waals surface area contributed by atoms with E-state index in [4.69, 9.17) is 4.74 Å². The van der Waals surface area contributed by atoms with Gasteiger partial charge in [0.05, 0.1) is 0 Å². The number of likely N-dealkylation sites (tertiary alicyclic amines) is 1. The van der Waals surface area contributed by atoms with E-state index in [0.29, 0.717) is 11.0 Å². The molecule has 2 saturated heterocycles. The Labute approximate surface area is 94.0 Å². The summed E-state index contributed by atoms with van der Waals surface area (Å²) in [6, 6.07) is 0. The molecule has 0 amide bonds. The molecule has 0 N–H and O–H groups in total. The predicted molar refractivity (Wildman–Crippen MR) is 63.0 cm³/mol. The van der Waals surface area contributed by atoms with Gasteiger partial charge in [-0.3, -0.25) is 4.90 Å². The van der Waals surface area contributed by atoms with Gasteiger partial charge in [0.25, 0.3) is 0 Å². The summed E-state index contributed by atoms with van der Waals surface area (Å²) in [5.74, 6) is 0. The Morgan fingerprint density at radius 3 is 1.93 bits per heavy atom. The fourth-order valence-corrected chi connectivity index (χ4v) is 2.96. The first kappa shape index (κ1) is 11.4. The molecule has 0 aromatic heterocycles. The summed E-state index contributed by atoms with van der Waals surface area (Å²) in [4.78, 5) is 2.63. The van der Waals surface area contributed by atoms with Crippen LogP contribution in [0.5, 0.6) is 0 Å². The van der Waals surface area contributed by atoms with Crippen LogP contribution >= 0.6 is 0 Å². The fraction of sp³-hybridized carbons (Fsp3) is 1.00. The number of rotatable bonds is 0. The van der Waals surface area contributed by atoms with Gasteiger partial charge in [-0.05, 0) is 65.0 Å². The molecule has 2 rings (SSSR count). The molecule has 2 aliphatic rings. The summed E-state index contributed by atoms with van der Waals surface area (Å²) in [5, 5.41) is 0. The zero-order valence-corrected chi connectivity index (χ0v) is 10.5. The van der Waals surface area contributed by atoms with Gasteiger partial charge < -0.3 is 4.74 Å². The molecule has 0 aliphatic carbocycles. The Kier molecular flexibility index (Phi) is 3.09. The largest absolute Gasteiger partial charge is 0.381 e. The van der Waals surface area contributed by atoms with Gasteiger partial charge in [0.2, 0.25) is 0 Å². The summed E-state index contributed by atoms with van der Waals surface area (Å²) >= 11 is 0. The fourth-order valence-electron chi connectivity index (χ4n) is 2.96. The van der Waals surface area contributed by atoms with Gasteiger partial charge in [0.1, 0.15) is 0 Å². The van der Waals surface area contributed by atoms with Gasteiger partial charge in [-0.15, -0.1) is 0 Å². The molecule has 2 nitrogen and oxygen atoms in total. The van der Waals surface area contributed by atoms with E-state index < -0.39 is 0 Å². The van der Waals surface area contributed by atoms with Crippen molar-refractivity contribution in [2.75, 3.05) is 26.3 Å². The lowest BCUT2D eigenvalue weighted by Gasteiger charge is -2.48. The monoisotopic (exact) mass is 211 g/mol. The Morgan fingerprint density at radius 2 is 1.47 bits per heavy atom. The number of hydrogen-bond donors (Lipinski definition) is 0. The van der Waals surface area contributed by atoms with Crippen molar-refractivity contribution in [2.24, 2.45) is 5.41 Å². The Balaban J connectivity index is 1.91. The molecule has 0 atom stereocenters. The van der Waals surface area contributed by atoms with E-state index in [9.17, 15) is 0 Å². The lowest BCUT2D eigenvalue weighted by atomic mass is 9.72. The van der Waals surface area contributed by atoms with Crippen LogP contribution in [-0.4, -0.2) is 36.7 Å². The third-order valence-electron chi connectivity index (χ3n) is 4.33. The molecule has 2 heterocycles. The SMILES string of the molecule is CC(C)(C)N1CCC2(CCOCC2)CC1. The number of ether oxygens (including phenoxy) is 1. The van der Waals surface area contributed by atoms with Gasteiger partial charge >= 0.3 is 0 Å². The molecule has 0 aromatic carbocycles. The highest BCUT2D eigenvalue weighted by atomic mass is 16.5. The molecular formula is C13H25NO. The lowest BCUT2D eigenvalue weighted by Crippen LogP contribution is -2.50. The van der Waals surface area contributed by atoms with Crippen molar-refractivity contribution < 1.29 is 4.74 Å². The van der Waals surface area contributed by atoms with Gasteiger partial charge in [-0.25, -0.2) is 0 Å². The summed E-state index contributed by atoms with van der Waals surface area (Å²) in [6.45, 7) is 11.5. The number of piperidine rings is 1. The Hall–Kier alpha value is -0.0800. The van der Waals surface area contributed by atoms with Crippen LogP contribution in [0, 0.1) is 5.41 Å². The van der Waals surface area contributed by atoms with Crippen molar-refractivity contribution in [3.63, 3.8) is 0 Å². The van der Waals surface area contributed by atoms with Crippen LogP contribution in [0.25, 0.3) is 0 Å². The van der Waals surface area contributed by atoms with E-state index in [1.807, 2.05) is 0 Å². The topological polar surface area (TPSA) is 12.5 Å². The normalized spacial score (nSPS) is 28.2. The molecule has 2 heteroatoms. The first-order valence-electron chi connectivity index (χ1n) is 6.35. The highest BCUT2D eigenvalue weighted by molar-refractivity contribution is 4.90. The van der Waals surface area contributed by atoms with E-state index in [2.05, 4.69) is 25.7 Å². The van der Waals surface area contributed by atoms with E-state index in [1.165, 1.54) is 38.8 Å². The molecule has 0 bridgehead atoms. The molecule has 15 heavy (non-hydrogen) atoms. The van der Waals surface area contributed by atoms with Crippen LogP contribution < -0.4 is 0 Å². The van der Waals surface area contributed by atoms with E-state index in [1.54, 1.807) is 0 Å². The molecule has 2 aliphatic heterocycles.